The van der Waals surface area contributed by atoms with Crippen LogP contribution in [0.3, 0.4) is 0 Å². The fraction of sp³-hybridized carbons (Fsp3) is 0. The van der Waals surface area contributed by atoms with E-state index in [-0.39, 0.29) is 17.3 Å². The number of amidine groups is 1. The molecule has 0 radical (unpaired) electrons. The van der Waals surface area contributed by atoms with E-state index in [0.29, 0.717) is 15.2 Å². The van der Waals surface area contributed by atoms with Gasteiger partial charge in [-0.25, -0.2) is 4.39 Å². The van der Waals surface area contributed by atoms with Crippen LogP contribution in [0.5, 0.6) is 0 Å². The second-order valence-electron chi connectivity index (χ2n) is 3.10. The third-order valence-corrected chi connectivity index (χ3v) is 2.83. The van der Waals surface area contributed by atoms with Gasteiger partial charge in [0.2, 0.25) is 0 Å². The molecule has 6 heteroatoms. The maximum Gasteiger partial charge on any atom is 0.189 e. The standard InChI is InChI=1S/C10H7BrFN3O/c11-6-1-2-7(12)5-3-4-14-9(8(5)6)10(13)15-16/h1-4,16H,(H2,13,15). The average Bonchev–Trinajstić information content (AvgIpc) is 2.32. The summed E-state index contributed by atoms with van der Waals surface area (Å²) in [5.74, 6) is -0.538. The van der Waals surface area contributed by atoms with E-state index >= 15 is 0 Å². The quantitative estimate of drug-likeness (QED) is 0.365. The zero-order chi connectivity index (χ0) is 11.7. The van der Waals surface area contributed by atoms with Gasteiger partial charge in [0, 0.05) is 21.4 Å². The monoisotopic (exact) mass is 283 g/mol. The minimum Gasteiger partial charge on any atom is -0.409 e. The smallest absolute Gasteiger partial charge is 0.189 e. The van der Waals surface area contributed by atoms with E-state index in [0.717, 1.165) is 0 Å². The Morgan fingerprint density at radius 2 is 2.19 bits per heavy atom. The van der Waals surface area contributed by atoms with Crippen LogP contribution in [0.2, 0.25) is 0 Å². The van der Waals surface area contributed by atoms with E-state index in [9.17, 15) is 4.39 Å². The Bertz CT molecular complexity index is 586. The highest BCUT2D eigenvalue weighted by Crippen LogP contribution is 2.28. The molecule has 2 rings (SSSR count). The zero-order valence-corrected chi connectivity index (χ0v) is 9.57. The van der Waals surface area contributed by atoms with Crippen molar-refractivity contribution in [3.05, 3.63) is 40.4 Å². The molecule has 0 aliphatic rings. The fourth-order valence-electron chi connectivity index (χ4n) is 1.46. The summed E-state index contributed by atoms with van der Waals surface area (Å²) in [6.07, 6.45) is 1.41. The summed E-state index contributed by atoms with van der Waals surface area (Å²) < 4.78 is 14.2. The van der Waals surface area contributed by atoms with E-state index in [4.69, 9.17) is 10.9 Å². The van der Waals surface area contributed by atoms with Crippen LogP contribution in [0.4, 0.5) is 4.39 Å². The van der Waals surface area contributed by atoms with Crippen molar-refractivity contribution in [3.8, 4) is 0 Å². The van der Waals surface area contributed by atoms with Gasteiger partial charge in [-0.15, -0.1) is 0 Å². The van der Waals surface area contributed by atoms with Gasteiger partial charge in [-0.05, 0) is 18.2 Å². The molecule has 0 saturated heterocycles. The molecule has 0 saturated carbocycles. The molecule has 0 atom stereocenters. The summed E-state index contributed by atoms with van der Waals surface area (Å²) >= 11 is 3.28. The molecule has 0 bridgehead atoms. The van der Waals surface area contributed by atoms with Gasteiger partial charge in [0.05, 0.1) is 0 Å². The molecule has 4 nitrogen and oxygen atoms in total. The van der Waals surface area contributed by atoms with Gasteiger partial charge in [-0.1, -0.05) is 21.1 Å². The number of halogens is 2. The predicted octanol–water partition coefficient (Wildman–Crippen LogP) is 2.23. The van der Waals surface area contributed by atoms with Gasteiger partial charge in [-0.2, -0.15) is 0 Å². The first-order chi connectivity index (χ1) is 7.65. The first-order valence-electron chi connectivity index (χ1n) is 4.35. The minimum absolute atomic E-state index is 0.156. The molecule has 1 aromatic carbocycles. The Balaban J connectivity index is 2.92. The number of aromatic nitrogens is 1. The molecule has 0 spiro atoms. The van der Waals surface area contributed by atoms with Crippen molar-refractivity contribution in [1.82, 2.24) is 4.98 Å². The highest BCUT2D eigenvalue weighted by atomic mass is 79.9. The second-order valence-corrected chi connectivity index (χ2v) is 3.95. The maximum absolute atomic E-state index is 13.5. The highest BCUT2D eigenvalue weighted by Gasteiger charge is 2.12. The molecule has 3 N–H and O–H groups in total. The lowest BCUT2D eigenvalue weighted by molar-refractivity contribution is 0.318. The topological polar surface area (TPSA) is 71.5 Å². The number of hydrogen-bond donors (Lipinski definition) is 2. The van der Waals surface area contributed by atoms with E-state index in [2.05, 4.69) is 26.1 Å². The van der Waals surface area contributed by atoms with Gasteiger partial charge in [0.25, 0.3) is 0 Å². The Morgan fingerprint density at radius 3 is 2.88 bits per heavy atom. The summed E-state index contributed by atoms with van der Waals surface area (Å²) in [5, 5.41) is 12.3. The molecule has 2 aromatic rings. The molecule has 82 valence electrons. The summed E-state index contributed by atoms with van der Waals surface area (Å²) in [6, 6.07) is 4.42. The summed E-state index contributed by atoms with van der Waals surface area (Å²) in [6.45, 7) is 0. The lowest BCUT2D eigenvalue weighted by Gasteiger charge is -2.06. The fourth-order valence-corrected chi connectivity index (χ4v) is 2.00. The lowest BCUT2D eigenvalue weighted by Crippen LogP contribution is -2.15. The number of pyridine rings is 1. The molecule has 0 aliphatic carbocycles. The van der Waals surface area contributed by atoms with Crippen molar-refractivity contribution in [2.45, 2.75) is 0 Å². The predicted molar refractivity (Wildman–Crippen MR) is 61.9 cm³/mol. The number of benzene rings is 1. The van der Waals surface area contributed by atoms with Crippen molar-refractivity contribution < 1.29 is 9.60 Å². The molecule has 0 amide bonds. The van der Waals surface area contributed by atoms with Crippen LogP contribution in [0, 0.1) is 5.82 Å². The molecule has 0 unspecified atom stereocenters. The number of hydrogen-bond acceptors (Lipinski definition) is 3. The molecule has 1 heterocycles. The largest absolute Gasteiger partial charge is 0.409 e. The van der Waals surface area contributed by atoms with Gasteiger partial charge in [0.15, 0.2) is 5.84 Å². The average molecular weight is 284 g/mol. The zero-order valence-electron chi connectivity index (χ0n) is 7.98. The van der Waals surface area contributed by atoms with Crippen molar-refractivity contribution in [2.75, 3.05) is 0 Å². The first-order valence-corrected chi connectivity index (χ1v) is 5.15. The Morgan fingerprint density at radius 1 is 1.44 bits per heavy atom. The van der Waals surface area contributed by atoms with E-state index in [1.807, 2.05) is 0 Å². The first kappa shape index (κ1) is 10.8. The molecular weight excluding hydrogens is 277 g/mol. The minimum atomic E-state index is -0.382. The van der Waals surface area contributed by atoms with Gasteiger partial charge < -0.3 is 10.9 Å². The van der Waals surface area contributed by atoms with Gasteiger partial charge in [-0.3, -0.25) is 4.98 Å². The Hall–Kier alpha value is -1.69. The molecule has 16 heavy (non-hydrogen) atoms. The van der Waals surface area contributed by atoms with Crippen molar-refractivity contribution in [3.63, 3.8) is 0 Å². The van der Waals surface area contributed by atoms with Crippen molar-refractivity contribution >= 4 is 32.5 Å². The van der Waals surface area contributed by atoms with Crippen LogP contribution >= 0.6 is 15.9 Å². The van der Waals surface area contributed by atoms with Crippen molar-refractivity contribution in [2.24, 2.45) is 10.9 Å². The Labute approximate surface area is 98.7 Å². The number of oxime groups is 1. The van der Waals surface area contributed by atoms with E-state index < -0.39 is 0 Å². The maximum atomic E-state index is 13.5. The molecule has 0 fully saturated rings. The summed E-state index contributed by atoms with van der Waals surface area (Å²) in [7, 11) is 0. The van der Waals surface area contributed by atoms with Gasteiger partial charge >= 0.3 is 0 Å². The third-order valence-electron chi connectivity index (χ3n) is 2.17. The number of nitrogens with zero attached hydrogens (tertiary/aromatic N) is 2. The van der Waals surface area contributed by atoms with Crippen LogP contribution in [0.25, 0.3) is 10.8 Å². The lowest BCUT2D eigenvalue weighted by atomic mass is 10.1. The van der Waals surface area contributed by atoms with Crippen LogP contribution in [-0.2, 0) is 0 Å². The van der Waals surface area contributed by atoms with E-state index in [1.54, 1.807) is 6.07 Å². The van der Waals surface area contributed by atoms with Crippen molar-refractivity contribution in [1.29, 1.82) is 0 Å². The molecule has 0 aliphatic heterocycles. The van der Waals surface area contributed by atoms with Crippen LogP contribution in [0.15, 0.2) is 34.0 Å². The van der Waals surface area contributed by atoms with Crippen LogP contribution in [-0.4, -0.2) is 16.0 Å². The molecule has 1 aromatic heterocycles. The number of nitrogens with two attached hydrogens (primary N) is 1. The number of rotatable bonds is 1. The highest BCUT2D eigenvalue weighted by molar-refractivity contribution is 9.10. The van der Waals surface area contributed by atoms with Crippen LogP contribution < -0.4 is 5.73 Å². The SMILES string of the molecule is N/C(=N/O)c1nccc2c(F)ccc(Br)c12. The second kappa shape index (κ2) is 4.05. The van der Waals surface area contributed by atoms with Crippen LogP contribution in [0.1, 0.15) is 5.69 Å². The third kappa shape index (κ3) is 1.61. The van der Waals surface area contributed by atoms with Gasteiger partial charge in [0.1, 0.15) is 11.5 Å². The number of fused-ring (bicyclic) bond motifs is 1. The summed E-state index contributed by atoms with van der Waals surface area (Å²) in [5.41, 5.74) is 5.72. The summed E-state index contributed by atoms with van der Waals surface area (Å²) in [4.78, 5) is 3.97. The van der Waals surface area contributed by atoms with E-state index in [1.165, 1.54) is 18.3 Å². The Kier molecular flexibility index (Phi) is 2.74. The molecular formula is C10H7BrFN3O. The normalized spacial score (nSPS) is 12.0.